The molecule has 0 heterocycles. The van der Waals surface area contributed by atoms with E-state index < -0.39 is 15.5 Å². The van der Waals surface area contributed by atoms with Gasteiger partial charge in [-0.05, 0) is 0 Å². The molecule has 0 rings (SSSR count). The molecule has 0 N–H and O–H groups in total. The van der Waals surface area contributed by atoms with Gasteiger partial charge in [-0.1, -0.05) is 0 Å². The third-order valence-electron chi connectivity index (χ3n) is 0.0833. The number of rotatable bonds is 1. The number of hydrogen-bond donors (Lipinski definition) is 0. The standard InChI is InChI=1S/Fe.NO3.H2O5S/c;2-1(3)4;1-5-6(2,3)4/h;;1H,(H,2,3,4)/q+3;-1;/p-2. The Morgan fingerprint density at radius 2 is 1.36 bits per heavy atom. The van der Waals surface area contributed by atoms with Gasteiger partial charge in [0.1, 0.15) is 0 Å². The number of hydrogen-bond acceptors (Lipinski definition) is 8. The fourth-order valence-corrected chi connectivity index (χ4v) is 0. The van der Waals surface area contributed by atoms with Crippen molar-refractivity contribution in [1.29, 1.82) is 0 Å². The second-order valence-corrected chi connectivity index (χ2v) is 1.65. The molecular formula is FeNO8S. The molecule has 9 nitrogen and oxygen atoms in total. The van der Waals surface area contributed by atoms with Gasteiger partial charge in [0.05, 0.1) is 5.09 Å². The second kappa shape index (κ2) is 7.65. The van der Waals surface area contributed by atoms with Crippen molar-refractivity contribution < 1.29 is 44.7 Å². The van der Waals surface area contributed by atoms with Crippen LogP contribution in [0.15, 0.2) is 0 Å². The molecule has 0 aromatic carbocycles. The quantitative estimate of drug-likeness (QED) is 0.119. The van der Waals surface area contributed by atoms with Gasteiger partial charge in [-0.2, -0.15) is 0 Å². The topological polar surface area (TPSA) is 156 Å². The van der Waals surface area contributed by atoms with Crippen molar-refractivity contribution in [2.75, 3.05) is 0 Å². The Morgan fingerprint density at radius 1 is 1.27 bits per heavy atom. The van der Waals surface area contributed by atoms with Crippen LogP contribution in [-0.2, 0) is 31.8 Å². The van der Waals surface area contributed by atoms with E-state index in [1.54, 1.807) is 0 Å². The molecule has 0 aromatic rings. The molecule has 0 unspecified atom stereocenters. The smallest absolute Gasteiger partial charge is 0.726 e. The first-order valence-corrected chi connectivity index (χ1v) is 2.71. The maximum absolute atomic E-state index is 8.91. The summed E-state index contributed by atoms with van der Waals surface area (Å²) in [6.07, 6.45) is 0. The Balaban J connectivity index is -0.000000114. The van der Waals surface area contributed by atoms with Crippen LogP contribution in [-0.4, -0.2) is 18.1 Å². The van der Waals surface area contributed by atoms with Crippen LogP contribution in [0, 0.1) is 15.3 Å². The van der Waals surface area contributed by atoms with E-state index in [2.05, 4.69) is 4.33 Å². The van der Waals surface area contributed by atoms with Crippen molar-refractivity contribution in [3.8, 4) is 0 Å². The van der Waals surface area contributed by atoms with Crippen LogP contribution in [0.4, 0.5) is 0 Å². The molecule has 0 atom stereocenters. The predicted molar refractivity (Wildman–Crippen MR) is 21.1 cm³/mol. The van der Waals surface area contributed by atoms with Gasteiger partial charge in [-0.25, -0.2) is 8.42 Å². The maximum Gasteiger partial charge on any atom is 3.00 e. The molecule has 11 heteroatoms. The van der Waals surface area contributed by atoms with Crippen molar-refractivity contribution in [3.05, 3.63) is 15.3 Å². The molecule has 0 bridgehead atoms. The first kappa shape index (κ1) is 16.9. The van der Waals surface area contributed by atoms with Crippen molar-refractivity contribution in [3.63, 3.8) is 0 Å². The van der Waals surface area contributed by atoms with Crippen LogP contribution in [0.2, 0.25) is 0 Å². The van der Waals surface area contributed by atoms with Crippen LogP contribution < -0.4 is 5.26 Å². The van der Waals surface area contributed by atoms with Crippen molar-refractivity contribution >= 4 is 10.4 Å². The molecule has 0 spiro atoms. The van der Waals surface area contributed by atoms with Crippen LogP contribution in [0.1, 0.15) is 0 Å². The van der Waals surface area contributed by atoms with E-state index in [1.165, 1.54) is 0 Å². The molecule has 0 amide bonds. The molecular weight excluding hydrogens is 230 g/mol. The Morgan fingerprint density at radius 3 is 1.36 bits per heavy atom. The van der Waals surface area contributed by atoms with E-state index >= 15 is 0 Å². The molecule has 0 aliphatic rings. The average Bonchev–Trinajstić information content (AvgIpc) is 1.63. The third kappa shape index (κ3) is 83.7. The minimum absolute atomic E-state index is 0. The van der Waals surface area contributed by atoms with E-state index in [4.69, 9.17) is 33.5 Å². The van der Waals surface area contributed by atoms with E-state index in [-0.39, 0.29) is 17.1 Å². The summed E-state index contributed by atoms with van der Waals surface area (Å²) in [6.45, 7) is 0. The minimum atomic E-state index is -4.97. The van der Waals surface area contributed by atoms with Crippen molar-refractivity contribution in [1.82, 2.24) is 0 Å². The third-order valence-corrected chi connectivity index (χ3v) is 0.250. The molecule has 11 heavy (non-hydrogen) atoms. The molecule has 0 aromatic heterocycles. The van der Waals surface area contributed by atoms with Crippen LogP contribution in [0.25, 0.3) is 0 Å². The fourth-order valence-electron chi connectivity index (χ4n) is 0. The zero-order valence-corrected chi connectivity index (χ0v) is 6.40. The Bertz CT molecular complexity index is 176. The molecule has 0 saturated carbocycles. The van der Waals surface area contributed by atoms with Gasteiger partial charge in [0.2, 0.25) is 10.4 Å². The van der Waals surface area contributed by atoms with E-state index in [1.807, 2.05) is 0 Å². The van der Waals surface area contributed by atoms with Crippen molar-refractivity contribution in [2.24, 2.45) is 0 Å². The summed E-state index contributed by atoms with van der Waals surface area (Å²) in [6, 6.07) is 0. The van der Waals surface area contributed by atoms with Gasteiger partial charge in [0.15, 0.2) is 0 Å². The van der Waals surface area contributed by atoms with Crippen LogP contribution in [0.5, 0.6) is 0 Å². The zero-order chi connectivity index (χ0) is 8.78. The Kier molecular flexibility index (Phi) is 11.7. The maximum atomic E-state index is 8.91. The first-order valence-electron chi connectivity index (χ1n) is 1.38. The molecule has 1 radical (unpaired) electrons. The summed E-state index contributed by atoms with van der Waals surface area (Å²) >= 11 is 0. The van der Waals surface area contributed by atoms with Gasteiger partial charge in [-0.3, -0.25) is 0 Å². The first-order chi connectivity index (χ1) is 4.29. The largest absolute Gasteiger partial charge is 3.00 e. The monoisotopic (exact) mass is 230 g/mol. The van der Waals surface area contributed by atoms with Gasteiger partial charge < -0.3 is 29.5 Å². The predicted octanol–water partition coefficient (Wildman–Crippen LogP) is -2.50. The summed E-state index contributed by atoms with van der Waals surface area (Å²) in [5, 5.41) is 23.3. The average molecular weight is 230 g/mol. The summed E-state index contributed by atoms with van der Waals surface area (Å²) < 4.78 is 28.8. The molecule has 67 valence electrons. The summed E-state index contributed by atoms with van der Waals surface area (Å²) in [5.41, 5.74) is 0. The van der Waals surface area contributed by atoms with Gasteiger partial charge in [0, 0.05) is 0 Å². The summed E-state index contributed by atoms with van der Waals surface area (Å²) in [7, 11) is -4.97. The Hall–Kier alpha value is -0.451. The molecule has 0 aliphatic carbocycles. The van der Waals surface area contributed by atoms with E-state index in [0.717, 1.165) is 0 Å². The SMILES string of the molecule is O=S(=O)([O-])O[O-].O=[N+]([O-])[O-].[Fe+3]. The molecule has 0 aliphatic heterocycles. The number of nitrogens with zero attached hydrogens (tertiary/aromatic N) is 1. The normalized spacial score (nSPS) is 8.55. The Labute approximate surface area is 71.1 Å². The van der Waals surface area contributed by atoms with Gasteiger partial charge in [-0.15, -0.1) is 0 Å². The van der Waals surface area contributed by atoms with E-state index in [0.29, 0.717) is 0 Å². The molecule has 0 fully saturated rings. The zero-order valence-electron chi connectivity index (χ0n) is 4.48. The molecule has 0 saturated heterocycles. The summed E-state index contributed by atoms with van der Waals surface area (Å²) in [4.78, 5) is 8.25. The second-order valence-electron chi connectivity index (χ2n) is 0.700. The van der Waals surface area contributed by atoms with Gasteiger partial charge in [0.25, 0.3) is 0 Å². The van der Waals surface area contributed by atoms with Crippen LogP contribution >= 0.6 is 0 Å². The van der Waals surface area contributed by atoms with E-state index in [9.17, 15) is 0 Å². The summed E-state index contributed by atoms with van der Waals surface area (Å²) in [5.74, 6) is 0. The minimum Gasteiger partial charge on any atom is -0.726 e. The van der Waals surface area contributed by atoms with Crippen molar-refractivity contribution in [2.45, 2.75) is 0 Å². The van der Waals surface area contributed by atoms with Crippen LogP contribution in [0.3, 0.4) is 0 Å². The fraction of sp³-hybridized carbons (Fsp3) is 0. The van der Waals surface area contributed by atoms with Gasteiger partial charge >= 0.3 is 17.1 Å².